The van der Waals surface area contributed by atoms with Crippen LogP contribution in [0.2, 0.25) is 0 Å². The van der Waals surface area contributed by atoms with E-state index in [0.29, 0.717) is 11.5 Å². The Balaban J connectivity index is 2.16. The molecule has 2 rings (SSSR count). The van der Waals surface area contributed by atoms with Crippen LogP contribution in [0, 0.1) is 0 Å². The maximum absolute atomic E-state index is 12.1. The molecular formula is C15H14O4S. The smallest absolute Gasteiger partial charge is 0.180 e. The molecule has 2 aromatic rings. The van der Waals surface area contributed by atoms with Gasteiger partial charge in [-0.2, -0.15) is 0 Å². The van der Waals surface area contributed by atoms with Crippen LogP contribution < -0.4 is 0 Å². The van der Waals surface area contributed by atoms with Gasteiger partial charge in [-0.15, -0.1) is 11.3 Å². The second-order valence-electron chi connectivity index (χ2n) is 4.28. The lowest BCUT2D eigenvalue weighted by Crippen LogP contribution is -2.08. The summed E-state index contributed by atoms with van der Waals surface area (Å²) in [5.41, 5.74) is 0.932. The number of phenols is 1. The maximum Gasteiger partial charge on any atom is 0.180 e. The fourth-order valence-electron chi connectivity index (χ4n) is 1.83. The molecule has 104 valence electrons. The Morgan fingerprint density at radius 2 is 2.05 bits per heavy atom. The van der Waals surface area contributed by atoms with Crippen molar-refractivity contribution in [2.75, 3.05) is 7.11 Å². The number of methoxy groups -OCH3 is 1. The summed E-state index contributed by atoms with van der Waals surface area (Å²) in [6.07, 6.45) is -0.246. The molecule has 0 atom stereocenters. The highest BCUT2D eigenvalue weighted by atomic mass is 32.1. The van der Waals surface area contributed by atoms with Gasteiger partial charge in [0.1, 0.15) is 5.75 Å². The van der Waals surface area contributed by atoms with Gasteiger partial charge in [0.2, 0.25) is 0 Å². The third-order valence-electron chi connectivity index (χ3n) is 2.79. The van der Waals surface area contributed by atoms with Crippen LogP contribution in [-0.4, -0.2) is 23.8 Å². The van der Waals surface area contributed by atoms with Crippen LogP contribution >= 0.6 is 11.3 Å². The molecule has 0 aliphatic carbocycles. The van der Waals surface area contributed by atoms with Crippen LogP contribution in [0.15, 0.2) is 35.7 Å². The van der Waals surface area contributed by atoms with Crippen LogP contribution in [0.4, 0.5) is 0 Å². The zero-order valence-corrected chi connectivity index (χ0v) is 11.8. The second kappa shape index (κ2) is 6.45. The van der Waals surface area contributed by atoms with E-state index in [1.165, 1.54) is 17.4 Å². The van der Waals surface area contributed by atoms with Crippen molar-refractivity contribution < 1.29 is 19.4 Å². The summed E-state index contributed by atoms with van der Waals surface area (Å²) in [6, 6.07) is 8.12. The van der Waals surface area contributed by atoms with Gasteiger partial charge in [-0.25, -0.2) is 0 Å². The Morgan fingerprint density at radius 1 is 1.25 bits per heavy atom. The summed E-state index contributed by atoms with van der Waals surface area (Å²) < 4.78 is 4.98. The molecule has 0 saturated heterocycles. The monoisotopic (exact) mass is 290 g/mol. The SMILES string of the molecule is COCc1ccc(O)c(C(=O)CC(=O)c2cccs2)c1. The van der Waals surface area contributed by atoms with E-state index in [1.54, 1.807) is 36.8 Å². The molecule has 20 heavy (non-hydrogen) atoms. The van der Waals surface area contributed by atoms with Gasteiger partial charge in [0.25, 0.3) is 0 Å². The van der Waals surface area contributed by atoms with Crippen LogP contribution in [0.25, 0.3) is 0 Å². The number of carbonyl (C=O) groups is 2. The topological polar surface area (TPSA) is 63.6 Å². The zero-order chi connectivity index (χ0) is 14.5. The van der Waals surface area contributed by atoms with E-state index in [9.17, 15) is 14.7 Å². The highest BCUT2D eigenvalue weighted by Gasteiger charge is 2.17. The summed E-state index contributed by atoms with van der Waals surface area (Å²) >= 11 is 1.30. The van der Waals surface area contributed by atoms with Gasteiger partial charge in [0, 0.05) is 7.11 Å². The number of hydrogen-bond donors (Lipinski definition) is 1. The van der Waals surface area contributed by atoms with E-state index < -0.39 is 0 Å². The van der Waals surface area contributed by atoms with Crippen molar-refractivity contribution in [2.24, 2.45) is 0 Å². The van der Waals surface area contributed by atoms with E-state index in [4.69, 9.17) is 4.74 Å². The molecule has 0 radical (unpaired) electrons. The lowest BCUT2D eigenvalue weighted by atomic mass is 10.0. The Kier molecular flexibility index (Phi) is 4.65. The average Bonchev–Trinajstić information content (AvgIpc) is 2.95. The molecule has 4 nitrogen and oxygen atoms in total. The lowest BCUT2D eigenvalue weighted by Gasteiger charge is -2.06. The molecule has 1 heterocycles. The first-order valence-electron chi connectivity index (χ1n) is 6.02. The number of hydrogen-bond acceptors (Lipinski definition) is 5. The molecule has 1 aromatic heterocycles. The molecule has 5 heteroatoms. The predicted octanol–water partition coefficient (Wildman–Crippen LogP) is 3.06. The minimum Gasteiger partial charge on any atom is -0.507 e. The largest absolute Gasteiger partial charge is 0.507 e. The first-order valence-corrected chi connectivity index (χ1v) is 6.90. The van der Waals surface area contributed by atoms with E-state index in [2.05, 4.69) is 0 Å². The van der Waals surface area contributed by atoms with Crippen LogP contribution in [0.1, 0.15) is 32.0 Å². The molecule has 0 aliphatic rings. The van der Waals surface area contributed by atoms with Gasteiger partial charge in [-0.1, -0.05) is 12.1 Å². The number of carbonyl (C=O) groups excluding carboxylic acids is 2. The molecular weight excluding hydrogens is 276 g/mol. The number of ether oxygens (including phenoxy) is 1. The third-order valence-corrected chi connectivity index (χ3v) is 3.70. The van der Waals surface area contributed by atoms with E-state index in [1.807, 2.05) is 0 Å². The third kappa shape index (κ3) is 3.31. The van der Waals surface area contributed by atoms with Crippen molar-refractivity contribution >= 4 is 22.9 Å². The number of Topliss-reactive ketones (excluding diaryl/α,β-unsaturated/α-hetero) is 2. The minimum atomic E-state index is -0.390. The van der Waals surface area contributed by atoms with Crippen molar-refractivity contribution in [1.82, 2.24) is 0 Å². The number of rotatable bonds is 6. The van der Waals surface area contributed by atoms with E-state index in [-0.39, 0.29) is 29.3 Å². The van der Waals surface area contributed by atoms with Crippen molar-refractivity contribution in [3.63, 3.8) is 0 Å². The molecule has 1 N–H and O–H groups in total. The second-order valence-corrected chi connectivity index (χ2v) is 5.23. The summed E-state index contributed by atoms with van der Waals surface area (Å²) in [7, 11) is 1.55. The predicted molar refractivity (Wildman–Crippen MR) is 76.4 cm³/mol. The number of aromatic hydroxyl groups is 1. The summed E-state index contributed by atoms with van der Waals surface area (Å²) in [5.74, 6) is -0.741. The standard InChI is InChI=1S/C15H14O4S/c1-19-9-10-4-5-12(16)11(7-10)13(17)8-14(18)15-3-2-6-20-15/h2-7,16H,8-9H2,1H3. The Morgan fingerprint density at radius 3 is 2.70 bits per heavy atom. The van der Waals surface area contributed by atoms with Crippen LogP contribution in [0.5, 0.6) is 5.75 Å². The van der Waals surface area contributed by atoms with Gasteiger partial charge >= 0.3 is 0 Å². The molecule has 0 amide bonds. The lowest BCUT2D eigenvalue weighted by molar-refractivity contribution is 0.0895. The van der Waals surface area contributed by atoms with E-state index in [0.717, 1.165) is 5.56 Å². The average molecular weight is 290 g/mol. The van der Waals surface area contributed by atoms with Crippen molar-refractivity contribution in [1.29, 1.82) is 0 Å². The fourth-order valence-corrected chi connectivity index (χ4v) is 2.49. The molecule has 0 spiro atoms. The summed E-state index contributed by atoms with van der Waals surface area (Å²) in [4.78, 5) is 24.6. The highest BCUT2D eigenvalue weighted by molar-refractivity contribution is 7.12. The summed E-state index contributed by atoms with van der Waals surface area (Å²) in [6.45, 7) is 0.347. The Bertz CT molecular complexity index is 617. The quantitative estimate of drug-likeness (QED) is 0.656. The van der Waals surface area contributed by atoms with Crippen molar-refractivity contribution in [3.8, 4) is 5.75 Å². The fraction of sp³-hybridized carbons (Fsp3) is 0.200. The molecule has 0 fully saturated rings. The maximum atomic E-state index is 12.1. The Hall–Kier alpha value is -1.98. The molecule has 0 saturated carbocycles. The van der Waals surface area contributed by atoms with Gasteiger partial charge in [0.15, 0.2) is 11.6 Å². The molecule has 0 unspecified atom stereocenters. The number of ketones is 2. The van der Waals surface area contributed by atoms with Crippen molar-refractivity contribution in [2.45, 2.75) is 13.0 Å². The summed E-state index contributed by atoms with van der Waals surface area (Å²) in [5, 5.41) is 11.5. The van der Waals surface area contributed by atoms with Gasteiger partial charge in [-0.05, 0) is 29.1 Å². The van der Waals surface area contributed by atoms with E-state index >= 15 is 0 Å². The van der Waals surface area contributed by atoms with Crippen LogP contribution in [-0.2, 0) is 11.3 Å². The van der Waals surface area contributed by atoms with Gasteiger partial charge < -0.3 is 9.84 Å². The van der Waals surface area contributed by atoms with Crippen molar-refractivity contribution in [3.05, 3.63) is 51.7 Å². The zero-order valence-electron chi connectivity index (χ0n) is 11.0. The normalized spacial score (nSPS) is 10.4. The number of thiophene rings is 1. The van der Waals surface area contributed by atoms with Crippen LogP contribution in [0.3, 0.4) is 0 Å². The highest BCUT2D eigenvalue weighted by Crippen LogP contribution is 2.22. The first-order chi connectivity index (χ1) is 9.61. The first kappa shape index (κ1) is 14.4. The molecule has 0 bridgehead atoms. The molecule has 1 aromatic carbocycles. The molecule has 0 aliphatic heterocycles. The van der Waals surface area contributed by atoms with Gasteiger partial charge in [0.05, 0.1) is 23.5 Å². The minimum absolute atomic E-state index is 0.117. The number of phenolic OH excluding ortho intramolecular Hbond substituents is 1. The number of benzene rings is 1. The van der Waals surface area contributed by atoms with Gasteiger partial charge in [-0.3, -0.25) is 9.59 Å². The Labute approximate surface area is 120 Å².